The van der Waals surface area contributed by atoms with Gasteiger partial charge in [0, 0.05) is 24.9 Å². The minimum Gasteiger partial charge on any atom is -0.394 e. The minimum atomic E-state index is -0.420. The fourth-order valence-electron chi connectivity index (χ4n) is 4.50. The van der Waals surface area contributed by atoms with Crippen LogP contribution in [0.2, 0.25) is 0 Å². The highest BCUT2D eigenvalue weighted by atomic mass is 16.5. The lowest BCUT2D eigenvalue weighted by Gasteiger charge is -2.56. The van der Waals surface area contributed by atoms with E-state index in [9.17, 15) is 9.90 Å². The van der Waals surface area contributed by atoms with Crippen molar-refractivity contribution >= 4 is 11.7 Å². The number of nitrogens with zero attached hydrogens (tertiary/aromatic N) is 2. The van der Waals surface area contributed by atoms with Crippen molar-refractivity contribution in [1.82, 2.24) is 15.1 Å². The number of hydrogen-bond donors (Lipinski definition) is 4. The molecule has 8 heteroatoms. The van der Waals surface area contributed by atoms with Gasteiger partial charge in [0.1, 0.15) is 5.69 Å². The number of benzene rings is 1. The second-order valence-corrected chi connectivity index (χ2v) is 7.58. The highest BCUT2D eigenvalue weighted by molar-refractivity contribution is 6.01. The summed E-state index contributed by atoms with van der Waals surface area (Å²) < 4.78 is 5.71. The Morgan fingerprint density at radius 1 is 1.32 bits per heavy atom. The van der Waals surface area contributed by atoms with Gasteiger partial charge in [-0.25, -0.2) is 0 Å². The van der Waals surface area contributed by atoms with E-state index < -0.39 is 6.10 Å². The number of amides is 1. The van der Waals surface area contributed by atoms with Gasteiger partial charge in [0.25, 0.3) is 5.91 Å². The standard InChI is InChI=1S/C20H26N4O4/c21-18-16(13-4-2-1-3-5-13)17(22-23-18)19(27)24-8-6-20(7-9-24)14(26)12-15(20)28-11-10-25/h1-5,14-15,25-26H,6-12H2,(H3,21,22,23)/t14-,15+/m1/s1. The second kappa shape index (κ2) is 7.54. The number of carbonyl (C=O) groups excluding carboxylic acids is 1. The molecule has 0 radical (unpaired) electrons. The van der Waals surface area contributed by atoms with E-state index in [-0.39, 0.29) is 30.6 Å². The number of piperidine rings is 1. The Hall–Kier alpha value is -2.42. The molecule has 1 amide bonds. The van der Waals surface area contributed by atoms with Crippen LogP contribution in [0.1, 0.15) is 29.8 Å². The van der Waals surface area contributed by atoms with Crippen molar-refractivity contribution in [2.45, 2.75) is 31.5 Å². The van der Waals surface area contributed by atoms with Gasteiger partial charge in [-0.2, -0.15) is 5.10 Å². The lowest BCUT2D eigenvalue weighted by Crippen LogP contribution is -2.62. The van der Waals surface area contributed by atoms with Crippen LogP contribution in [0, 0.1) is 5.41 Å². The number of aliphatic hydroxyl groups excluding tert-OH is 2. The number of aromatic nitrogens is 2. The summed E-state index contributed by atoms with van der Waals surface area (Å²) in [4.78, 5) is 14.9. The maximum atomic E-state index is 13.1. The van der Waals surface area contributed by atoms with Gasteiger partial charge in [0.05, 0.1) is 31.0 Å². The smallest absolute Gasteiger partial charge is 0.272 e. The van der Waals surface area contributed by atoms with E-state index in [1.807, 2.05) is 30.3 Å². The van der Waals surface area contributed by atoms with Crippen LogP contribution in [0.5, 0.6) is 0 Å². The SMILES string of the molecule is Nc1n[nH]c(C(=O)N2CCC3(CC2)[C@H](O)C[C@@H]3OCCO)c1-c1ccccc1. The summed E-state index contributed by atoms with van der Waals surface area (Å²) in [6, 6.07) is 9.49. The first-order chi connectivity index (χ1) is 13.6. The molecule has 1 aromatic heterocycles. The monoisotopic (exact) mass is 386 g/mol. The zero-order valence-corrected chi connectivity index (χ0v) is 15.7. The molecule has 2 fully saturated rings. The van der Waals surface area contributed by atoms with Crippen molar-refractivity contribution in [3.63, 3.8) is 0 Å². The van der Waals surface area contributed by atoms with Crippen LogP contribution >= 0.6 is 0 Å². The van der Waals surface area contributed by atoms with Crippen LogP contribution in [0.25, 0.3) is 11.1 Å². The zero-order valence-electron chi connectivity index (χ0n) is 15.7. The Balaban J connectivity index is 1.48. The van der Waals surface area contributed by atoms with Crippen molar-refractivity contribution in [2.75, 3.05) is 32.0 Å². The number of hydrogen-bond acceptors (Lipinski definition) is 6. The zero-order chi connectivity index (χ0) is 19.7. The molecule has 1 aliphatic carbocycles. The Bertz CT molecular complexity index is 830. The van der Waals surface area contributed by atoms with E-state index in [2.05, 4.69) is 10.2 Å². The van der Waals surface area contributed by atoms with Crippen LogP contribution in [-0.4, -0.2) is 69.7 Å². The topological polar surface area (TPSA) is 125 Å². The third-order valence-electron chi connectivity index (χ3n) is 6.20. The van der Waals surface area contributed by atoms with E-state index in [0.29, 0.717) is 49.4 Å². The molecule has 2 aromatic rings. The van der Waals surface area contributed by atoms with Gasteiger partial charge in [-0.3, -0.25) is 9.89 Å². The Labute approximate surface area is 163 Å². The number of ether oxygens (including phenoxy) is 1. The Kier molecular flexibility index (Phi) is 5.09. The number of nitrogens with two attached hydrogens (primary N) is 1. The van der Waals surface area contributed by atoms with Gasteiger partial charge >= 0.3 is 0 Å². The highest BCUT2D eigenvalue weighted by Gasteiger charge is 2.56. The fraction of sp³-hybridized carbons (Fsp3) is 0.500. The van der Waals surface area contributed by atoms with Crippen molar-refractivity contribution in [3.8, 4) is 11.1 Å². The molecule has 2 atom stereocenters. The molecule has 0 bridgehead atoms. The lowest BCUT2D eigenvalue weighted by atomic mass is 9.58. The molecular formula is C20H26N4O4. The average molecular weight is 386 g/mol. The minimum absolute atomic E-state index is 0.0310. The molecule has 150 valence electrons. The Morgan fingerprint density at radius 2 is 2.04 bits per heavy atom. The van der Waals surface area contributed by atoms with Crippen LogP contribution < -0.4 is 5.73 Å². The molecule has 5 N–H and O–H groups in total. The predicted octanol–water partition coefficient (Wildman–Crippen LogP) is 1.02. The number of nitrogen functional groups attached to an aromatic ring is 1. The molecule has 1 saturated heterocycles. The molecule has 4 rings (SSSR count). The third-order valence-corrected chi connectivity index (χ3v) is 6.20. The first-order valence-corrected chi connectivity index (χ1v) is 9.66. The molecule has 28 heavy (non-hydrogen) atoms. The third kappa shape index (κ3) is 3.07. The quantitative estimate of drug-likeness (QED) is 0.608. The van der Waals surface area contributed by atoms with Gasteiger partial charge in [-0.1, -0.05) is 30.3 Å². The number of carbonyl (C=O) groups is 1. The first-order valence-electron chi connectivity index (χ1n) is 9.66. The molecular weight excluding hydrogens is 360 g/mol. The van der Waals surface area contributed by atoms with E-state index in [1.54, 1.807) is 4.90 Å². The first kappa shape index (κ1) is 18.9. The predicted molar refractivity (Wildman–Crippen MR) is 103 cm³/mol. The van der Waals surface area contributed by atoms with Crippen molar-refractivity contribution in [2.24, 2.45) is 5.41 Å². The number of aliphatic hydroxyl groups is 2. The maximum Gasteiger partial charge on any atom is 0.272 e. The second-order valence-electron chi connectivity index (χ2n) is 7.58. The number of anilines is 1. The lowest BCUT2D eigenvalue weighted by molar-refractivity contribution is -0.211. The van der Waals surface area contributed by atoms with E-state index in [4.69, 9.17) is 15.6 Å². The Morgan fingerprint density at radius 3 is 2.68 bits per heavy atom. The molecule has 1 aliphatic heterocycles. The van der Waals surface area contributed by atoms with Crippen molar-refractivity contribution in [1.29, 1.82) is 0 Å². The van der Waals surface area contributed by atoms with Gasteiger partial charge in [-0.15, -0.1) is 0 Å². The van der Waals surface area contributed by atoms with Crippen LogP contribution in [-0.2, 0) is 4.74 Å². The summed E-state index contributed by atoms with van der Waals surface area (Å²) in [5, 5.41) is 26.2. The average Bonchev–Trinajstić information content (AvgIpc) is 3.12. The summed E-state index contributed by atoms with van der Waals surface area (Å²) in [7, 11) is 0. The molecule has 2 heterocycles. The number of rotatable bonds is 5. The molecule has 2 aliphatic rings. The number of nitrogens with one attached hydrogen (secondary N) is 1. The molecule has 1 aromatic carbocycles. The van der Waals surface area contributed by atoms with Crippen molar-refractivity contribution < 1.29 is 19.7 Å². The van der Waals surface area contributed by atoms with Crippen LogP contribution in [0.3, 0.4) is 0 Å². The number of H-pyrrole nitrogens is 1. The molecule has 8 nitrogen and oxygen atoms in total. The molecule has 0 unspecified atom stereocenters. The van der Waals surface area contributed by atoms with Crippen LogP contribution in [0.15, 0.2) is 30.3 Å². The molecule has 1 spiro atoms. The molecule has 1 saturated carbocycles. The summed E-state index contributed by atoms with van der Waals surface area (Å²) in [5.74, 6) is 0.162. The van der Waals surface area contributed by atoms with E-state index >= 15 is 0 Å². The summed E-state index contributed by atoms with van der Waals surface area (Å²) in [6.07, 6.45) is 1.44. The fourth-order valence-corrected chi connectivity index (χ4v) is 4.50. The van der Waals surface area contributed by atoms with E-state index in [1.165, 1.54) is 0 Å². The number of aromatic amines is 1. The number of likely N-dealkylation sites (tertiary alicyclic amines) is 1. The van der Waals surface area contributed by atoms with Gasteiger partial charge < -0.3 is 25.6 Å². The largest absolute Gasteiger partial charge is 0.394 e. The normalized spacial score (nSPS) is 23.6. The summed E-state index contributed by atoms with van der Waals surface area (Å²) in [6.45, 7) is 1.30. The summed E-state index contributed by atoms with van der Waals surface area (Å²) >= 11 is 0. The highest BCUT2D eigenvalue weighted by Crippen LogP contribution is 2.51. The summed E-state index contributed by atoms with van der Waals surface area (Å²) in [5.41, 5.74) is 7.56. The van der Waals surface area contributed by atoms with Crippen molar-refractivity contribution in [3.05, 3.63) is 36.0 Å². The van der Waals surface area contributed by atoms with Gasteiger partial charge in [-0.05, 0) is 18.4 Å². The van der Waals surface area contributed by atoms with Gasteiger partial charge in [0.15, 0.2) is 5.82 Å². The van der Waals surface area contributed by atoms with Crippen LogP contribution in [0.4, 0.5) is 5.82 Å². The van der Waals surface area contributed by atoms with Gasteiger partial charge in [0.2, 0.25) is 0 Å². The van der Waals surface area contributed by atoms with E-state index in [0.717, 1.165) is 5.56 Å². The maximum absolute atomic E-state index is 13.1.